The molecule has 1 atom stereocenters. The Labute approximate surface area is 178 Å². The largest absolute Gasteiger partial charge is 0.497 e. The zero-order valence-electron chi connectivity index (χ0n) is 17.8. The van der Waals surface area contributed by atoms with E-state index in [4.69, 9.17) is 15.2 Å². The molecule has 0 aromatic heterocycles. The smallest absolute Gasteiger partial charge is 0.220 e. The molecule has 0 aliphatic carbocycles. The van der Waals surface area contributed by atoms with Crippen LogP contribution in [0.15, 0.2) is 42.5 Å². The number of aliphatic hydroxyl groups is 1. The number of carbonyl (C=O) groups excluding carboxylic acids is 1. The lowest BCUT2D eigenvalue weighted by molar-refractivity contribution is -0.123. The van der Waals surface area contributed by atoms with Crippen LogP contribution in [0, 0.1) is 5.92 Å². The summed E-state index contributed by atoms with van der Waals surface area (Å²) in [6.07, 6.45) is 1.82. The molecule has 1 aliphatic heterocycles. The topological polar surface area (TPSA) is 85.0 Å². The Hall–Kier alpha value is -2.57. The van der Waals surface area contributed by atoms with Crippen LogP contribution in [0.1, 0.15) is 25.3 Å². The van der Waals surface area contributed by atoms with Crippen molar-refractivity contribution < 1.29 is 19.4 Å². The Morgan fingerprint density at radius 2 is 1.90 bits per heavy atom. The third-order valence-electron chi connectivity index (χ3n) is 5.73. The number of nitrogens with zero attached hydrogens (tertiary/aromatic N) is 1. The molecule has 0 spiro atoms. The number of likely N-dealkylation sites (tertiary alicyclic amines) is 1. The summed E-state index contributed by atoms with van der Waals surface area (Å²) in [6.45, 7) is 4.38. The normalized spacial score (nSPS) is 16.2. The second-order valence-electron chi connectivity index (χ2n) is 7.85. The van der Waals surface area contributed by atoms with Crippen molar-refractivity contribution in [3.05, 3.63) is 48.0 Å². The number of hydrogen-bond donors (Lipinski definition) is 2. The quantitative estimate of drug-likeness (QED) is 0.662. The molecule has 0 radical (unpaired) electrons. The van der Waals surface area contributed by atoms with Crippen LogP contribution >= 0.6 is 0 Å². The summed E-state index contributed by atoms with van der Waals surface area (Å²) in [7, 11) is 1.64. The predicted molar refractivity (Wildman–Crippen MR) is 118 cm³/mol. The summed E-state index contributed by atoms with van der Waals surface area (Å²) >= 11 is 0. The Morgan fingerprint density at radius 1 is 1.20 bits per heavy atom. The van der Waals surface area contributed by atoms with Gasteiger partial charge >= 0.3 is 0 Å². The van der Waals surface area contributed by atoms with Crippen LogP contribution in [0.5, 0.6) is 11.5 Å². The highest BCUT2D eigenvalue weighted by molar-refractivity contribution is 5.76. The first-order valence-electron chi connectivity index (χ1n) is 10.6. The van der Waals surface area contributed by atoms with E-state index < -0.39 is 6.10 Å². The van der Waals surface area contributed by atoms with Gasteiger partial charge in [0.15, 0.2) is 0 Å². The molecule has 1 unspecified atom stereocenters. The van der Waals surface area contributed by atoms with E-state index in [0.717, 1.165) is 49.2 Å². The van der Waals surface area contributed by atoms with Gasteiger partial charge in [-0.1, -0.05) is 31.2 Å². The molecule has 3 N–H and O–H groups in total. The number of primary amides is 1. The number of nitrogens with two attached hydrogens (primary N) is 1. The molecule has 2 aromatic carbocycles. The van der Waals surface area contributed by atoms with E-state index in [0.29, 0.717) is 12.3 Å². The highest BCUT2D eigenvalue weighted by Crippen LogP contribution is 2.32. The van der Waals surface area contributed by atoms with E-state index in [1.807, 2.05) is 30.3 Å². The molecule has 0 bridgehead atoms. The number of hydrogen-bond acceptors (Lipinski definition) is 5. The van der Waals surface area contributed by atoms with Crippen molar-refractivity contribution in [2.75, 3.05) is 33.4 Å². The van der Waals surface area contributed by atoms with E-state index in [2.05, 4.69) is 24.0 Å². The number of amides is 1. The van der Waals surface area contributed by atoms with Crippen molar-refractivity contribution >= 4 is 5.91 Å². The fraction of sp³-hybridized carbons (Fsp3) is 0.458. The van der Waals surface area contributed by atoms with Gasteiger partial charge in [0.25, 0.3) is 0 Å². The first kappa shape index (κ1) is 22.1. The van der Waals surface area contributed by atoms with Crippen LogP contribution in [0.2, 0.25) is 0 Å². The fourth-order valence-electron chi connectivity index (χ4n) is 3.98. The Bertz CT molecular complexity index is 847. The van der Waals surface area contributed by atoms with Crippen LogP contribution in [0.25, 0.3) is 11.1 Å². The maximum absolute atomic E-state index is 11.3. The number of rotatable bonds is 9. The number of benzene rings is 2. The van der Waals surface area contributed by atoms with Crippen molar-refractivity contribution in [1.82, 2.24) is 4.90 Å². The van der Waals surface area contributed by atoms with Gasteiger partial charge in [-0.05, 0) is 61.2 Å². The zero-order chi connectivity index (χ0) is 21.5. The molecule has 162 valence electrons. The van der Waals surface area contributed by atoms with Gasteiger partial charge in [-0.25, -0.2) is 0 Å². The molecule has 1 aliphatic rings. The highest BCUT2D eigenvalue weighted by Gasteiger charge is 2.24. The second-order valence-corrected chi connectivity index (χ2v) is 7.85. The number of ether oxygens (including phenoxy) is 2. The molecule has 3 rings (SSSR count). The van der Waals surface area contributed by atoms with E-state index in [1.54, 1.807) is 7.11 Å². The average Bonchev–Trinajstić information content (AvgIpc) is 2.77. The number of β-amino-alcohol motifs (C(OH)–C–C–N with tert-alkyl or cyclic N) is 1. The highest BCUT2D eigenvalue weighted by atomic mass is 16.5. The van der Waals surface area contributed by atoms with Gasteiger partial charge in [-0.2, -0.15) is 0 Å². The van der Waals surface area contributed by atoms with Gasteiger partial charge in [-0.3, -0.25) is 4.79 Å². The zero-order valence-corrected chi connectivity index (χ0v) is 17.8. The number of piperidine rings is 1. The van der Waals surface area contributed by atoms with Crippen molar-refractivity contribution in [1.29, 1.82) is 0 Å². The Kier molecular flexibility index (Phi) is 7.71. The van der Waals surface area contributed by atoms with Crippen LogP contribution in [0.4, 0.5) is 0 Å². The minimum Gasteiger partial charge on any atom is -0.497 e. The lowest BCUT2D eigenvalue weighted by atomic mass is 9.96. The SMILES string of the molecule is CCc1ccccc1-c1cc(OC)cc(OCC(O)CN2CCC(C(N)=O)CC2)c1. The molecule has 1 heterocycles. The molecule has 1 amide bonds. The maximum Gasteiger partial charge on any atom is 0.220 e. The number of aliphatic hydroxyl groups excluding tert-OH is 1. The number of aryl methyl sites for hydroxylation is 1. The van der Waals surface area contributed by atoms with Crippen LogP contribution in [0.3, 0.4) is 0 Å². The van der Waals surface area contributed by atoms with Crippen molar-refractivity contribution in [2.24, 2.45) is 11.7 Å². The van der Waals surface area contributed by atoms with Crippen molar-refractivity contribution in [2.45, 2.75) is 32.3 Å². The summed E-state index contributed by atoms with van der Waals surface area (Å²) in [5, 5.41) is 10.4. The Morgan fingerprint density at radius 3 is 2.57 bits per heavy atom. The number of carbonyl (C=O) groups is 1. The fourth-order valence-corrected chi connectivity index (χ4v) is 3.98. The van der Waals surface area contributed by atoms with Crippen LogP contribution < -0.4 is 15.2 Å². The molecule has 2 aromatic rings. The molecule has 1 saturated heterocycles. The number of methoxy groups -OCH3 is 1. The molecule has 0 saturated carbocycles. The third-order valence-corrected chi connectivity index (χ3v) is 5.73. The maximum atomic E-state index is 11.3. The molecule has 6 heteroatoms. The molecular formula is C24H32N2O4. The van der Waals surface area contributed by atoms with Gasteiger partial charge in [0.2, 0.25) is 5.91 Å². The van der Waals surface area contributed by atoms with E-state index >= 15 is 0 Å². The van der Waals surface area contributed by atoms with Crippen molar-refractivity contribution in [3.63, 3.8) is 0 Å². The predicted octanol–water partition coefficient (Wildman–Crippen LogP) is 2.86. The second kappa shape index (κ2) is 10.5. The summed E-state index contributed by atoms with van der Waals surface area (Å²) in [6, 6.07) is 14.1. The van der Waals surface area contributed by atoms with Gasteiger partial charge in [-0.15, -0.1) is 0 Å². The van der Waals surface area contributed by atoms with Gasteiger partial charge < -0.3 is 25.2 Å². The molecule has 1 fully saturated rings. The summed E-state index contributed by atoms with van der Waals surface area (Å²) in [4.78, 5) is 13.4. The minimum atomic E-state index is -0.618. The van der Waals surface area contributed by atoms with Crippen molar-refractivity contribution in [3.8, 4) is 22.6 Å². The summed E-state index contributed by atoms with van der Waals surface area (Å²) in [5.41, 5.74) is 8.83. The lowest BCUT2D eigenvalue weighted by Crippen LogP contribution is -2.43. The van der Waals surface area contributed by atoms with E-state index in [1.165, 1.54) is 5.56 Å². The molecule has 6 nitrogen and oxygen atoms in total. The lowest BCUT2D eigenvalue weighted by Gasteiger charge is -2.31. The van der Waals surface area contributed by atoms with E-state index in [9.17, 15) is 9.90 Å². The van der Waals surface area contributed by atoms with Gasteiger partial charge in [0.1, 0.15) is 24.2 Å². The molecular weight excluding hydrogens is 380 g/mol. The van der Waals surface area contributed by atoms with Crippen LogP contribution in [-0.2, 0) is 11.2 Å². The molecule has 30 heavy (non-hydrogen) atoms. The third kappa shape index (κ3) is 5.74. The summed E-state index contributed by atoms with van der Waals surface area (Å²) in [5.74, 6) is 1.12. The first-order valence-corrected chi connectivity index (χ1v) is 10.6. The Balaban J connectivity index is 1.62. The van der Waals surface area contributed by atoms with Gasteiger partial charge in [0.05, 0.1) is 7.11 Å². The first-order chi connectivity index (χ1) is 14.5. The average molecular weight is 413 g/mol. The minimum absolute atomic E-state index is 0.0455. The van der Waals surface area contributed by atoms with Gasteiger partial charge in [0, 0.05) is 18.5 Å². The monoisotopic (exact) mass is 412 g/mol. The van der Waals surface area contributed by atoms with Crippen LogP contribution in [-0.4, -0.2) is 55.4 Å². The summed E-state index contributed by atoms with van der Waals surface area (Å²) < 4.78 is 11.4. The van der Waals surface area contributed by atoms with E-state index in [-0.39, 0.29) is 18.4 Å². The standard InChI is InChI=1S/C24H32N2O4/c1-3-17-6-4-5-7-23(17)19-12-21(29-2)14-22(13-19)30-16-20(27)15-26-10-8-18(9-11-26)24(25)28/h4-7,12-14,18,20,27H,3,8-11,15-16H2,1-2H3,(H2,25,28).